The van der Waals surface area contributed by atoms with Crippen LogP contribution in [0.25, 0.3) is 0 Å². The first-order valence-electron chi connectivity index (χ1n) is 5.54. The molecule has 0 radical (unpaired) electrons. The maximum Gasteiger partial charge on any atom is 0.358 e. The van der Waals surface area contributed by atoms with Crippen molar-refractivity contribution in [2.24, 2.45) is 7.05 Å². The molecule has 7 heteroatoms. The van der Waals surface area contributed by atoms with Gasteiger partial charge >= 0.3 is 5.97 Å². The summed E-state index contributed by atoms with van der Waals surface area (Å²) < 4.78 is 11.0. The highest BCUT2D eigenvalue weighted by molar-refractivity contribution is 5.96. The number of methoxy groups -OCH3 is 1. The van der Waals surface area contributed by atoms with Crippen LogP contribution < -0.4 is 5.32 Å². The number of nitrogens with zero attached hydrogens (tertiary/aromatic N) is 2. The van der Waals surface area contributed by atoms with Gasteiger partial charge in [0.15, 0.2) is 5.69 Å². The van der Waals surface area contributed by atoms with E-state index in [0.717, 1.165) is 0 Å². The normalized spacial score (nSPS) is 10.2. The predicted molar refractivity (Wildman–Crippen MR) is 64.4 cm³/mol. The Morgan fingerprint density at radius 2 is 2.32 bits per heavy atom. The van der Waals surface area contributed by atoms with Gasteiger partial charge in [-0.2, -0.15) is 5.10 Å². The van der Waals surface area contributed by atoms with Crippen LogP contribution in [-0.2, 0) is 18.3 Å². The summed E-state index contributed by atoms with van der Waals surface area (Å²) in [6, 6.07) is 4.87. The fourth-order valence-electron chi connectivity index (χ4n) is 1.56. The third-order valence-electron chi connectivity index (χ3n) is 2.51. The molecule has 0 saturated heterocycles. The first-order chi connectivity index (χ1) is 9.11. The second-order valence-corrected chi connectivity index (χ2v) is 3.79. The smallest absolute Gasteiger partial charge is 0.358 e. The highest BCUT2D eigenvalue weighted by Gasteiger charge is 2.17. The van der Waals surface area contributed by atoms with Crippen molar-refractivity contribution < 1.29 is 18.7 Å². The van der Waals surface area contributed by atoms with E-state index < -0.39 is 5.97 Å². The van der Waals surface area contributed by atoms with E-state index >= 15 is 0 Å². The zero-order valence-corrected chi connectivity index (χ0v) is 10.5. The van der Waals surface area contributed by atoms with E-state index in [1.165, 1.54) is 24.1 Å². The van der Waals surface area contributed by atoms with Crippen molar-refractivity contribution in [1.82, 2.24) is 15.1 Å². The fourth-order valence-corrected chi connectivity index (χ4v) is 1.56. The van der Waals surface area contributed by atoms with E-state index in [1.807, 2.05) is 0 Å². The molecule has 0 saturated carbocycles. The number of amides is 1. The van der Waals surface area contributed by atoms with Gasteiger partial charge in [0.25, 0.3) is 5.91 Å². The minimum atomic E-state index is -0.583. The standard InChI is InChI=1S/C12H13N3O4/c1-15-10(6-9(14-15)12(17)18-2)11(16)13-7-8-4-3-5-19-8/h3-6H,7H2,1-2H3,(H,13,16). The van der Waals surface area contributed by atoms with Gasteiger partial charge in [-0.1, -0.05) is 0 Å². The van der Waals surface area contributed by atoms with Gasteiger partial charge in [0.05, 0.1) is 19.9 Å². The number of aromatic nitrogens is 2. The Bertz CT molecular complexity index is 586. The van der Waals surface area contributed by atoms with E-state index in [0.29, 0.717) is 5.76 Å². The molecular weight excluding hydrogens is 250 g/mol. The number of hydrogen-bond donors (Lipinski definition) is 1. The number of carbonyl (C=O) groups is 2. The van der Waals surface area contributed by atoms with E-state index in [2.05, 4.69) is 15.2 Å². The van der Waals surface area contributed by atoms with E-state index in [4.69, 9.17) is 4.42 Å². The van der Waals surface area contributed by atoms with Gasteiger partial charge in [-0.05, 0) is 12.1 Å². The molecule has 2 aromatic rings. The Morgan fingerprint density at radius 3 is 2.95 bits per heavy atom. The molecule has 19 heavy (non-hydrogen) atoms. The van der Waals surface area contributed by atoms with Crippen LogP contribution in [0, 0.1) is 0 Å². The van der Waals surface area contributed by atoms with Crippen LogP contribution in [0.3, 0.4) is 0 Å². The van der Waals surface area contributed by atoms with Gasteiger partial charge < -0.3 is 14.5 Å². The van der Waals surface area contributed by atoms with Gasteiger partial charge in [-0.15, -0.1) is 0 Å². The Kier molecular flexibility index (Phi) is 3.65. The predicted octanol–water partition coefficient (Wildman–Crippen LogP) is 0.730. The first kappa shape index (κ1) is 12.9. The highest BCUT2D eigenvalue weighted by Crippen LogP contribution is 2.05. The van der Waals surface area contributed by atoms with Crippen LogP contribution >= 0.6 is 0 Å². The molecule has 2 heterocycles. The summed E-state index contributed by atoms with van der Waals surface area (Å²) in [7, 11) is 2.84. The lowest BCUT2D eigenvalue weighted by atomic mass is 10.3. The second-order valence-electron chi connectivity index (χ2n) is 3.79. The van der Waals surface area contributed by atoms with Gasteiger partial charge in [0, 0.05) is 13.1 Å². The van der Waals surface area contributed by atoms with Crippen molar-refractivity contribution in [1.29, 1.82) is 0 Å². The number of hydrogen-bond acceptors (Lipinski definition) is 5. The number of aryl methyl sites for hydroxylation is 1. The Balaban J connectivity index is 2.06. The maximum absolute atomic E-state index is 11.9. The lowest BCUT2D eigenvalue weighted by Gasteiger charge is -2.02. The van der Waals surface area contributed by atoms with Crippen molar-refractivity contribution in [3.63, 3.8) is 0 Å². The van der Waals surface area contributed by atoms with Crippen molar-refractivity contribution in [3.8, 4) is 0 Å². The van der Waals surface area contributed by atoms with Crippen molar-refractivity contribution in [2.45, 2.75) is 6.54 Å². The Labute approximate surface area is 109 Å². The van der Waals surface area contributed by atoms with E-state index in [1.54, 1.807) is 19.2 Å². The quantitative estimate of drug-likeness (QED) is 0.822. The molecule has 100 valence electrons. The Hall–Kier alpha value is -2.57. The SMILES string of the molecule is COC(=O)c1cc(C(=O)NCc2ccco2)n(C)n1. The number of ether oxygens (including phenoxy) is 1. The summed E-state index contributed by atoms with van der Waals surface area (Å²) in [6.45, 7) is 0.268. The van der Waals surface area contributed by atoms with Crippen LogP contribution in [0.2, 0.25) is 0 Å². The summed E-state index contributed by atoms with van der Waals surface area (Å²) in [5.74, 6) is -0.286. The lowest BCUT2D eigenvalue weighted by molar-refractivity contribution is 0.0593. The molecule has 2 rings (SSSR count). The van der Waals surface area contributed by atoms with Gasteiger partial charge in [0.1, 0.15) is 11.5 Å². The summed E-state index contributed by atoms with van der Waals surface area (Å²) in [5.41, 5.74) is 0.361. The van der Waals surface area contributed by atoms with Crippen LogP contribution in [0.5, 0.6) is 0 Å². The second kappa shape index (κ2) is 5.38. The third-order valence-corrected chi connectivity index (χ3v) is 2.51. The monoisotopic (exact) mass is 263 g/mol. The number of rotatable bonds is 4. The summed E-state index contributed by atoms with van der Waals surface area (Å²) in [6.07, 6.45) is 1.53. The molecule has 0 aliphatic heterocycles. The molecule has 0 aromatic carbocycles. The highest BCUT2D eigenvalue weighted by atomic mass is 16.5. The molecule has 0 aliphatic rings. The van der Waals surface area contributed by atoms with Gasteiger partial charge in [-0.25, -0.2) is 4.79 Å². The minimum absolute atomic E-state index is 0.0909. The third kappa shape index (κ3) is 2.82. The van der Waals surface area contributed by atoms with Crippen molar-refractivity contribution in [3.05, 3.63) is 41.6 Å². The average molecular weight is 263 g/mol. The zero-order chi connectivity index (χ0) is 13.8. The molecule has 0 bridgehead atoms. The molecule has 0 aliphatic carbocycles. The average Bonchev–Trinajstić information content (AvgIpc) is 3.04. The van der Waals surface area contributed by atoms with Crippen molar-refractivity contribution >= 4 is 11.9 Å². The first-order valence-corrected chi connectivity index (χ1v) is 5.54. The van der Waals surface area contributed by atoms with Crippen molar-refractivity contribution in [2.75, 3.05) is 7.11 Å². The molecule has 1 amide bonds. The van der Waals surface area contributed by atoms with E-state index in [9.17, 15) is 9.59 Å². The maximum atomic E-state index is 11.9. The van der Waals surface area contributed by atoms with Crippen LogP contribution in [0.15, 0.2) is 28.9 Å². The van der Waals surface area contributed by atoms with E-state index in [-0.39, 0.29) is 23.8 Å². The number of esters is 1. The number of furan rings is 1. The molecule has 7 nitrogen and oxygen atoms in total. The summed E-state index contributed by atoms with van der Waals surface area (Å²) in [5, 5.41) is 6.57. The largest absolute Gasteiger partial charge is 0.467 e. The fraction of sp³-hybridized carbons (Fsp3) is 0.250. The Morgan fingerprint density at radius 1 is 1.53 bits per heavy atom. The number of nitrogens with one attached hydrogen (secondary N) is 1. The van der Waals surface area contributed by atoms with Crippen LogP contribution in [0.4, 0.5) is 0 Å². The molecule has 0 spiro atoms. The van der Waals surface area contributed by atoms with Crippen LogP contribution in [0.1, 0.15) is 26.7 Å². The molecule has 2 aromatic heterocycles. The lowest BCUT2D eigenvalue weighted by Crippen LogP contribution is -2.24. The van der Waals surface area contributed by atoms with Gasteiger partial charge in [0.2, 0.25) is 0 Å². The topological polar surface area (TPSA) is 86.4 Å². The molecule has 1 N–H and O–H groups in total. The molecule has 0 unspecified atom stereocenters. The summed E-state index contributed by atoms with van der Waals surface area (Å²) >= 11 is 0. The minimum Gasteiger partial charge on any atom is -0.467 e. The van der Waals surface area contributed by atoms with Crippen LogP contribution in [-0.4, -0.2) is 28.8 Å². The molecule has 0 fully saturated rings. The molecule has 0 atom stereocenters. The van der Waals surface area contributed by atoms with Gasteiger partial charge in [-0.3, -0.25) is 9.48 Å². The zero-order valence-electron chi connectivity index (χ0n) is 10.5. The molecular formula is C12H13N3O4. The number of carbonyl (C=O) groups excluding carboxylic acids is 2. The summed E-state index contributed by atoms with van der Waals surface area (Å²) in [4.78, 5) is 23.2.